The Kier molecular flexibility index (Phi) is 3.56. The zero-order chi connectivity index (χ0) is 11.4. The first kappa shape index (κ1) is 11.1. The Balaban J connectivity index is 1.83. The van der Waals surface area contributed by atoms with Gasteiger partial charge in [-0.15, -0.1) is 11.8 Å². The van der Waals surface area contributed by atoms with Gasteiger partial charge in [-0.05, 0) is 29.9 Å². The first-order valence-corrected chi connectivity index (χ1v) is 6.09. The van der Waals surface area contributed by atoms with Crippen molar-refractivity contribution < 1.29 is 19.4 Å². The number of carboxylic acids is 1. The maximum Gasteiger partial charge on any atom is 0.313 e. The number of benzene rings is 1. The molecular weight excluding hydrogens is 228 g/mol. The number of carboxylic acid groups (broad SMARTS) is 1. The smallest absolute Gasteiger partial charge is 0.313 e. The lowest BCUT2D eigenvalue weighted by Gasteiger charge is -2.02. The largest absolute Gasteiger partial charge is 0.481 e. The number of carbonyl (C=O) groups is 1. The van der Waals surface area contributed by atoms with Gasteiger partial charge in [-0.25, -0.2) is 0 Å². The van der Waals surface area contributed by atoms with Gasteiger partial charge in [0.1, 0.15) is 0 Å². The molecule has 4 nitrogen and oxygen atoms in total. The fourth-order valence-corrected chi connectivity index (χ4v) is 2.14. The van der Waals surface area contributed by atoms with Crippen LogP contribution in [0.15, 0.2) is 18.2 Å². The van der Waals surface area contributed by atoms with Gasteiger partial charge in [0.2, 0.25) is 6.79 Å². The van der Waals surface area contributed by atoms with Crippen LogP contribution in [-0.2, 0) is 11.2 Å². The molecule has 0 saturated heterocycles. The Morgan fingerprint density at radius 1 is 1.38 bits per heavy atom. The van der Waals surface area contributed by atoms with Gasteiger partial charge in [0.15, 0.2) is 11.5 Å². The summed E-state index contributed by atoms with van der Waals surface area (Å²) in [6.45, 7) is 0.284. The van der Waals surface area contributed by atoms with Crippen molar-refractivity contribution in [2.45, 2.75) is 6.42 Å². The molecule has 86 valence electrons. The van der Waals surface area contributed by atoms with E-state index in [2.05, 4.69) is 0 Å². The molecule has 16 heavy (non-hydrogen) atoms. The molecule has 1 aromatic rings. The minimum Gasteiger partial charge on any atom is -0.481 e. The normalized spacial score (nSPS) is 12.8. The van der Waals surface area contributed by atoms with E-state index < -0.39 is 5.97 Å². The Morgan fingerprint density at radius 2 is 2.19 bits per heavy atom. The number of hydrogen-bond donors (Lipinski definition) is 1. The van der Waals surface area contributed by atoms with Gasteiger partial charge >= 0.3 is 5.97 Å². The number of thioether (sulfide) groups is 1. The molecule has 0 fully saturated rings. The number of rotatable bonds is 5. The molecule has 1 aliphatic rings. The van der Waals surface area contributed by atoms with Crippen molar-refractivity contribution in [3.63, 3.8) is 0 Å². The molecule has 0 amide bonds. The van der Waals surface area contributed by atoms with Crippen molar-refractivity contribution in [3.05, 3.63) is 23.8 Å². The first-order valence-electron chi connectivity index (χ1n) is 4.94. The number of aryl methyl sites for hydroxylation is 1. The van der Waals surface area contributed by atoms with E-state index in [0.29, 0.717) is 0 Å². The monoisotopic (exact) mass is 240 g/mol. The van der Waals surface area contributed by atoms with Gasteiger partial charge in [0, 0.05) is 0 Å². The highest BCUT2D eigenvalue weighted by Gasteiger charge is 2.12. The highest BCUT2D eigenvalue weighted by atomic mass is 32.2. The second-order valence-corrected chi connectivity index (χ2v) is 4.49. The molecule has 1 heterocycles. The van der Waals surface area contributed by atoms with E-state index in [0.717, 1.165) is 29.2 Å². The van der Waals surface area contributed by atoms with Crippen molar-refractivity contribution in [3.8, 4) is 11.5 Å². The second kappa shape index (κ2) is 5.12. The number of ether oxygens (including phenoxy) is 2. The van der Waals surface area contributed by atoms with E-state index >= 15 is 0 Å². The third-order valence-corrected chi connectivity index (χ3v) is 3.14. The summed E-state index contributed by atoms with van der Waals surface area (Å²) in [5.41, 5.74) is 1.14. The summed E-state index contributed by atoms with van der Waals surface area (Å²) in [5, 5.41) is 8.48. The Labute approximate surface area is 97.6 Å². The molecule has 5 heteroatoms. The van der Waals surface area contributed by atoms with Crippen molar-refractivity contribution in [2.24, 2.45) is 0 Å². The van der Waals surface area contributed by atoms with Crippen LogP contribution in [-0.4, -0.2) is 29.4 Å². The zero-order valence-electron chi connectivity index (χ0n) is 8.64. The molecule has 1 aliphatic heterocycles. The van der Waals surface area contributed by atoms with Gasteiger partial charge in [0.25, 0.3) is 0 Å². The van der Waals surface area contributed by atoms with E-state index in [1.807, 2.05) is 18.2 Å². The summed E-state index contributed by atoms with van der Waals surface area (Å²) in [6, 6.07) is 5.82. The predicted molar refractivity (Wildman–Crippen MR) is 61.2 cm³/mol. The van der Waals surface area contributed by atoms with Crippen molar-refractivity contribution in [1.29, 1.82) is 0 Å². The molecule has 0 atom stereocenters. The van der Waals surface area contributed by atoms with Crippen molar-refractivity contribution in [2.75, 3.05) is 18.3 Å². The quantitative estimate of drug-likeness (QED) is 0.795. The van der Waals surface area contributed by atoms with Gasteiger partial charge in [-0.2, -0.15) is 0 Å². The van der Waals surface area contributed by atoms with Crippen LogP contribution in [0.25, 0.3) is 0 Å². The lowest BCUT2D eigenvalue weighted by molar-refractivity contribution is -0.133. The third kappa shape index (κ3) is 2.82. The summed E-state index contributed by atoms with van der Waals surface area (Å²) < 4.78 is 10.5. The van der Waals surface area contributed by atoms with Crippen LogP contribution in [0, 0.1) is 0 Å². The van der Waals surface area contributed by atoms with Crippen LogP contribution in [0.1, 0.15) is 5.56 Å². The summed E-state index contributed by atoms with van der Waals surface area (Å²) in [7, 11) is 0. The fraction of sp³-hybridized carbons (Fsp3) is 0.364. The average Bonchev–Trinajstić information content (AvgIpc) is 2.71. The number of fused-ring (bicyclic) bond motifs is 1. The van der Waals surface area contributed by atoms with Crippen LogP contribution in [0.4, 0.5) is 0 Å². The van der Waals surface area contributed by atoms with E-state index in [1.165, 1.54) is 11.8 Å². The Bertz CT molecular complexity index is 392. The molecule has 0 bridgehead atoms. The van der Waals surface area contributed by atoms with Crippen LogP contribution < -0.4 is 9.47 Å². The Hall–Kier alpha value is -1.36. The molecule has 0 aromatic heterocycles. The molecule has 2 rings (SSSR count). The standard InChI is InChI=1S/C11H12O4S/c12-11(13)6-16-4-3-8-1-2-9-10(5-8)15-7-14-9/h1-2,5H,3-4,6-7H2,(H,12,13). The maximum absolute atomic E-state index is 10.3. The lowest BCUT2D eigenvalue weighted by Crippen LogP contribution is -1.99. The van der Waals surface area contributed by atoms with E-state index in [1.54, 1.807) is 0 Å². The molecule has 1 aromatic carbocycles. The minimum atomic E-state index is -0.768. The topological polar surface area (TPSA) is 55.8 Å². The predicted octanol–water partition coefficient (Wildman–Crippen LogP) is 1.78. The van der Waals surface area contributed by atoms with Crippen LogP contribution >= 0.6 is 11.8 Å². The van der Waals surface area contributed by atoms with Gasteiger partial charge in [-0.1, -0.05) is 6.07 Å². The molecule has 0 saturated carbocycles. The second-order valence-electron chi connectivity index (χ2n) is 3.38. The summed E-state index contributed by atoms with van der Waals surface area (Å²) >= 11 is 1.42. The summed E-state index contributed by atoms with van der Waals surface area (Å²) in [4.78, 5) is 10.3. The molecular formula is C11H12O4S. The molecule has 0 unspecified atom stereocenters. The minimum absolute atomic E-state index is 0.157. The SMILES string of the molecule is O=C(O)CSCCc1ccc2c(c1)OCO2. The molecule has 0 radical (unpaired) electrons. The summed E-state index contributed by atoms with van der Waals surface area (Å²) in [6.07, 6.45) is 0.842. The summed E-state index contributed by atoms with van der Waals surface area (Å²) in [5.74, 6) is 1.75. The van der Waals surface area contributed by atoms with Gasteiger partial charge in [-0.3, -0.25) is 4.79 Å². The molecule has 0 spiro atoms. The van der Waals surface area contributed by atoms with Crippen molar-refractivity contribution >= 4 is 17.7 Å². The number of hydrogen-bond acceptors (Lipinski definition) is 4. The van der Waals surface area contributed by atoms with E-state index in [-0.39, 0.29) is 12.5 Å². The van der Waals surface area contributed by atoms with E-state index in [9.17, 15) is 4.79 Å². The highest BCUT2D eigenvalue weighted by molar-refractivity contribution is 7.99. The fourth-order valence-electron chi connectivity index (χ4n) is 1.45. The maximum atomic E-state index is 10.3. The van der Waals surface area contributed by atoms with Crippen LogP contribution in [0.2, 0.25) is 0 Å². The number of aliphatic carboxylic acids is 1. The van der Waals surface area contributed by atoms with Crippen LogP contribution in [0.5, 0.6) is 11.5 Å². The van der Waals surface area contributed by atoms with E-state index in [4.69, 9.17) is 14.6 Å². The average molecular weight is 240 g/mol. The third-order valence-electron chi connectivity index (χ3n) is 2.20. The van der Waals surface area contributed by atoms with Crippen LogP contribution in [0.3, 0.4) is 0 Å². The van der Waals surface area contributed by atoms with Gasteiger partial charge < -0.3 is 14.6 Å². The molecule has 1 N–H and O–H groups in total. The highest BCUT2D eigenvalue weighted by Crippen LogP contribution is 2.32. The Morgan fingerprint density at radius 3 is 3.00 bits per heavy atom. The molecule has 0 aliphatic carbocycles. The first-order chi connectivity index (χ1) is 7.75. The lowest BCUT2D eigenvalue weighted by atomic mass is 10.1. The van der Waals surface area contributed by atoms with Crippen molar-refractivity contribution in [1.82, 2.24) is 0 Å². The zero-order valence-corrected chi connectivity index (χ0v) is 9.46. The van der Waals surface area contributed by atoms with Gasteiger partial charge in [0.05, 0.1) is 5.75 Å².